The molecule has 0 aliphatic heterocycles. The van der Waals surface area contributed by atoms with Crippen molar-refractivity contribution in [3.8, 4) is 5.75 Å². The van der Waals surface area contributed by atoms with Gasteiger partial charge in [0, 0.05) is 21.0 Å². The number of H-pyrrole nitrogens is 1. The van der Waals surface area contributed by atoms with E-state index in [1.54, 1.807) is 18.9 Å². The van der Waals surface area contributed by atoms with Crippen LogP contribution in [0.15, 0.2) is 52.4 Å². The molecular formula is C17H17ClN2OS. The Balaban J connectivity index is 2.04. The molecule has 2 aromatic carbocycles. The van der Waals surface area contributed by atoms with Gasteiger partial charge in [-0.05, 0) is 48.9 Å². The molecule has 5 heteroatoms. The highest BCUT2D eigenvalue weighted by Crippen LogP contribution is 2.40. The summed E-state index contributed by atoms with van der Waals surface area (Å²) in [7, 11) is 1.69. The second-order valence-electron chi connectivity index (χ2n) is 4.93. The minimum Gasteiger partial charge on any atom is -0.496 e. The number of fused-ring (bicyclic) bond motifs is 1. The molecule has 1 aromatic heterocycles. The fourth-order valence-corrected chi connectivity index (χ4v) is 3.78. The van der Waals surface area contributed by atoms with Crippen molar-refractivity contribution in [1.29, 1.82) is 0 Å². The number of hydrogen-bond acceptors (Lipinski definition) is 3. The molecule has 3 N–H and O–H groups in total. The minimum atomic E-state index is 0.602. The number of hydrogen-bond donors (Lipinski definition) is 2. The van der Waals surface area contributed by atoms with Crippen molar-refractivity contribution >= 4 is 34.3 Å². The maximum absolute atomic E-state index is 6.10. The lowest BCUT2D eigenvalue weighted by molar-refractivity contribution is 0.419. The van der Waals surface area contributed by atoms with E-state index < -0.39 is 0 Å². The summed E-state index contributed by atoms with van der Waals surface area (Å²) in [5.41, 5.74) is 7.95. The third-order valence-electron chi connectivity index (χ3n) is 3.51. The summed E-state index contributed by atoms with van der Waals surface area (Å²) in [5, 5.41) is 1.84. The predicted molar refractivity (Wildman–Crippen MR) is 93.2 cm³/mol. The van der Waals surface area contributed by atoms with Crippen molar-refractivity contribution < 1.29 is 4.74 Å². The molecule has 3 nitrogen and oxygen atoms in total. The molecule has 22 heavy (non-hydrogen) atoms. The molecule has 0 bridgehead atoms. The molecule has 0 atom stereocenters. The van der Waals surface area contributed by atoms with Crippen LogP contribution in [0.4, 0.5) is 0 Å². The SMILES string of the molecule is COc1cccc2[nH]cc(Sc3ccc(Cl)cc3CCN)c12. The van der Waals surface area contributed by atoms with Crippen molar-refractivity contribution in [2.75, 3.05) is 13.7 Å². The van der Waals surface area contributed by atoms with Gasteiger partial charge in [0.15, 0.2) is 0 Å². The number of methoxy groups -OCH3 is 1. The molecule has 0 unspecified atom stereocenters. The summed E-state index contributed by atoms with van der Waals surface area (Å²) in [6.45, 7) is 0.602. The highest BCUT2D eigenvalue weighted by Gasteiger charge is 2.12. The van der Waals surface area contributed by atoms with Crippen molar-refractivity contribution in [2.24, 2.45) is 5.73 Å². The third kappa shape index (κ3) is 2.95. The molecule has 3 aromatic rings. The van der Waals surface area contributed by atoms with Crippen LogP contribution in [-0.2, 0) is 6.42 Å². The molecule has 0 fully saturated rings. The molecule has 1 heterocycles. The van der Waals surface area contributed by atoms with Gasteiger partial charge in [-0.25, -0.2) is 0 Å². The van der Waals surface area contributed by atoms with E-state index in [0.29, 0.717) is 6.54 Å². The zero-order valence-corrected chi connectivity index (χ0v) is 13.8. The van der Waals surface area contributed by atoms with Gasteiger partial charge in [-0.2, -0.15) is 0 Å². The van der Waals surface area contributed by atoms with E-state index in [9.17, 15) is 0 Å². The molecule has 114 valence electrons. The number of benzene rings is 2. The Bertz CT molecular complexity index is 800. The maximum atomic E-state index is 6.10. The molecule has 3 rings (SSSR count). The quantitative estimate of drug-likeness (QED) is 0.724. The zero-order valence-electron chi connectivity index (χ0n) is 12.2. The van der Waals surface area contributed by atoms with E-state index in [1.165, 1.54) is 10.5 Å². The number of ether oxygens (including phenoxy) is 1. The van der Waals surface area contributed by atoms with Crippen LogP contribution in [-0.4, -0.2) is 18.6 Å². The Kier molecular flexibility index (Phi) is 4.62. The van der Waals surface area contributed by atoms with Crippen LogP contribution in [0.2, 0.25) is 5.02 Å². The first kappa shape index (κ1) is 15.3. The second-order valence-corrected chi connectivity index (χ2v) is 6.45. The lowest BCUT2D eigenvalue weighted by Crippen LogP contribution is -2.03. The van der Waals surface area contributed by atoms with Gasteiger partial charge in [-0.3, -0.25) is 0 Å². The largest absolute Gasteiger partial charge is 0.496 e. The van der Waals surface area contributed by atoms with E-state index >= 15 is 0 Å². The minimum absolute atomic E-state index is 0.602. The highest BCUT2D eigenvalue weighted by molar-refractivity contribution is 7.99. The van der Waals surface area contributed by atoms with Crippen LogP contribution in [0.5, 0.6) is 5.75 Å². The van der Waals surface area contributed by atoms with E-state index in [4.69, 9.17) is 22.1 Å². The normalized spacial score (nSPS) is 11.0. The van der Waals surface area contributed by atoms with Crippen LogP contribution in [0, 0.1) is 0 Å². The molecule has 0 aliphatic rings. The number of nitrogens with one attached hydrogen (secondary N) is 1. The average Bonchev–Trinajstić information content (AvgIpc) is 2.93. The number of nitrogens with two attached hydrogens (primary N) is 1. The molecule has 0 saturated carbocycles. The average molecular weight is 333 g/mol. The van der Waals surface area contributed by atoms with Crippen LogP contribution >= 0.6 is 23.4 Å². The van der Waals surface area contributed by atoms with E-state index in [0.717, 1.165) is 33.0 Å². The van der Waals surface area contributed by atoms with Gasteiger partial charge in [-0.15, -0.1) is 0 Å². The monoisotopic (exact) mass is 332 g/mol. The predicted octanol–water partition coefficient (Wildman–Crippen LogP) is 4.48. The molecule has 0 spiro atoms. The Hall–Kier alpha value is -1.62. The fraction of sp³-hybridized carbons (Fsp3) is 0.176. The first-order valence-corrected chi connectivity index (χ1v) is 8.23. The van der Waals surface area contributed by atoms with Crippen LogP contribution < -0.4 is 10.5 Å². The fourth-order valence-electron chi connectivity index (χ4n) is 2.49. The van der Waals surface area contributed by atoms with Gasteiger partial charge in [0.05, 0.1) is 18.0 Å². The first-order chi connectivity index (χ1) is 10.7. The Morgan fingerprint density at radius 2 is 2.09 bits per heavy atom. The summed E-state index contributed by atoms with van der Waals surface area (Å²) in [4.78, 5) is 5.60. The Morgan fingerprint density at radius 1 is 1.23 bits per heavy atom. The van der Waals surface area contributed by atoms with Crippen molar-refractivity contribution in [3.05, 3.63) is 53.2 Å². The molecular weight excluding hydrogens is 316 g/mol. The van der Waals surface area contributed by atoms with Gasteiger partial charge >= 0.3 is 0 Å². The zero-order chi connectivity index (χ0) is 15.5. The van der Waals surface area contributed by atoms with Crippen molar-refractivity contribution in [2.45, 2.75) is 16.2 Å². The highest BCUT2D eigenvalue weighted by atomic mass is 35.5. The number of aromatic nitrogens is 1. The second kappa shape index (κ2) is 6.65. The van der Waals surface area contributed by atoms with Gasteiger partial charge in [0.2, 0.25) is 0 Å². The topological polar surface area (TPSA) is 51.0 Å². The lowest BCUT2D eigenvalue weighted by atomic mass is 10.1. The van der Waals surface area contributed by atoms with Crippen LogP contribution in [0.25, 0.3) is 10.9 Å². The van der Waals surface area contributed by atoms with Crippen LogP contribution in [0.1, 0.15) is 5.56 Å². The van der Waals surface area contributed by atoms with Crippen molar-refractivity contribution in [3.63, 3.8) is 0 Å². The summed E-state index contributed by atoms with van der Waals surface area (Å²) < 4.78 is 5.49. The number of halogens is 1. The Labute approximate surface area is 138 Å². The molecule has 0 aliphatic carbocycles. The van der Waals surface area contributed by atoms with Gasteiger partial charge < -0.3 is 15.5 Å². The van der Waals surface area contributed by atoms with E-state index in [1.807, 2.05) is 42.6 Å². The molecule has 0 amide bonds. The number of rotatable bonds is 5. The van der Waals surface area contributed by atoms with Crippen LogP contribution in [0.3, 0.4) is 0 Å². The first-order valence-electron chi connectivity index (χ1n) is 7.03. The van der Waals surface area contributed by atoms with Crippen molar-refractivity contribution in [1.82, 2.24) is 4.98 Å². The van der Waals surface area contributed by atoms with E-state index in [-0.39, 0.29) is 0 Å². The summed E-state index contributed by atoms with van der Waals surface area (Å²) in [6.07, 6.45) is 2.82. The Morgan fingerprint density at radius 3 is 2.86 bits per heavy atom. The summed E-state index contributed by atoms with van der Waals surface area (Å²) in [6, 6.07) is 12.0. The molecule has 0 radical (unpaired) electrons. The van der Waals surface area contributed by atoms with Gasteiger partial charge in [0.1, 0.15) is 5.75 Å². The van der Waals surface area contributed by atoms with Gasteiger partial charge in [-0.1, -0.05) is 29.4 Å². The smallest absolute Gasteiger partial charge is 0.129 e. The third-order valence-corrected chi connectivity index (χ3v) is 4.90. The standard InChI is InChI=1S/C17H17ClN2OS/c1-21-14-4-2-3-13-17(14)16(10-20-13)22-15-6-5-12(18)9-11(15)7-8-19/h2-6,9-10,20H,7-8,19H2,1H3. The molecule has 0 saturated heterocycles. The van der Waals surface area contributed by atoms with E-state index in [2.05, 4.69) is 4.98 Å². The summed E-state index contributed by atoms with van der Waals surface area (Å²) in [5.74, 6) is 0.871. The number of aromatic amines is 1. The lowest BCUT2D eigenvalue weighted by Gasteiger charge is -2.09. The maximum Gasteiger partial charge on any atom is 0.129 e. The van der Waals surface area contributed by atoms with Gasteiger partial charge in [0.25, 0.3) is 0 Å². The summed E-state index contributed by atoms with van der Waals surface area (Å²) >= 11 is 7.80.